The van der Waals surface area contributed by atoms with Gasteiger partial charge >= 0.3 is 6.61 Å². The Morgan fingerprint density at radius 1 is 1.05 bits per heavy atom. The number of anilines is 1. The molecule has 0 fully saturated rings. The molecule has 1 aromatic heterocycles. The molecule has 200 valence electrons. The van der Waals surface area contributed by atoms with Crippen LogP contribution in [0.5, 0.6) is 5.75 Å². The molecule has 0 aliphatic rings. The number of hydrogen-bond donors (Lipinski definition) is 2. The average Bonchev–Trinajstić information content (AvgIpc) is 3.14. The molecule has 11 heteroatoms. The minimum atomic E-state index is -3.71. The van der Waals surface area contributed by atoms with Gasteiger partial charge in [-0.1, -0.05) is 24.3 Å². The zero-order valence-electron chi connectivity index (χ0n) is 21.1. The first-order valence-electron chi connectivity index (χ1n) is 11.5. The lowest BCUT2D eigenvalue weighted by atomic mass is 10.0. The summed E-state index contributed by atoms with van der Waals surface area (Å²) in [6.07, 6.45) is 0. The summed E-state index contributed by atoms with van der Waals surface area (Å²) < 4.78 is 73.5. The van der Waals surface area contributed by atoms with Crippen LogP contribution < -0.4 is 15.2 Å². The van der Waals surface area contributed by atoms with Crippen LogP contribution in [0.3, 0.4) is 0 Å². The number of benzene rings is 3. The van der Waals surface area contributed by atoms with Crippen LogP contribution in [0.1, 0.15) is 36.7 Å². The summed E-state index contributed by atoms with van der Waals surface area (Å²) in [4.78, 5) is 12.7. The molecule has 38 heavy (non-hydrogen) atoms. The predicted octanol–water partition coefficient (Wildman–Crippen LogP) is 5.99. The molecule has 0 unspecified atom stereocenters. The van der Waals surface area contributed by atoms with Gasteiger partial charge in [-0.25, -0.2) is 12.8 Å². The first kappa shape index (κ1) is 27.1. The van der Waals surface area contributed by atoms with Gasteiger partial charge in [0, 0.05) is 17.1 Å². The molecule has 0 aliphatic carbocycles. The third-order valence-corrected chi connectivity index (χ3v) is 8.15. The highest BCUT2D eigenvalue weighted by Crippen LogP contribution is 2.40. The van der Waals surface area contributed by atoms with Crippen LogP contribution in [0.4, 0.5) is 18.9 Å². The van der Waals surface area contributed by atoms with Crippen molar-refractivity contribution in [2.75, 3.05) is 4.72 Å². The van der Waals surface area contributed by atoms with Crippen molar-refractivity contribution in [3.8, 4) is 22.7 Å². The van der Waals surface area contributed by atoms with E-state index < -0.39 is 38.9 Å². The van der Waals surface area contributed by atoms with Gasteiger partial charge in [0.05, 0.1) is 27.2 Å². The Labute approximate surface area is 218 Å². The third kappa shape index (κ3) is 4.93. The molecule has 7 nitrogen and oxygen atoms in total. The summed E-state index contributed by atoms with van der Waals surface area (Å²) in [6.45, 7) is 3.15. The zero-order valence-corrected chi connectivity index (χ0v) is 21.9. The number of halogens is 3. The first-order valence-corrected chi connectivity index (χ1v) is 13.0. The molecule has 0 saturated carbocycles. The number of hydrogen-bond acceptors (Lipinski definition) is 4. The highest BCUT2D eigenvalue weighted by Gasteiger charge is 2.30. The molecule has 1 amide bonds. The summed E-state index contributed by atoms with van der Waals surface area (Å²) in [5.74, 6) is -2.63. The number of amides is 1. The molecule has 3 N–H and O–H groups in total. The second-order valence-corrected chi connectivity index (χ2v) is 12.1. The molecular weight excluding hydrogens is 519 g/mol. The van der Waals surface area contributed by atoms with Crippen LogP contribution >= 0.6 is 0 Å². The number of primary amides is 1. The number of sulfonamides is 1. The fraction of sp³-hybridized carbons (Fsp3) is 0.222. The van der Waals surface area contributed by atoms with Crippen molar-refractivity contribution in [3.05, 3.63) is 77.6 Å². The highest BCUT2D eigenvalue weighted by molar-refractivity contribution is 7.94. The van der Waals surface area contributed by atoms with Crippen LogP contribution in [-0.4, -0.2) is 30.3 Å². The summed E-state index contributed by atoms with van der Waals surface area (Å²) in [6, 6.07) is 15.6. The van der Waals surface area contributed by atoms with E-state index in [4.69, 9.17) is 5.73 Å². The van der Waals surface area contributed by atoms with Crippen LogP contribution in [0.2, 0.25) is 0 Å². The molecule has 4 aromatic rings. The Morgan fingerprint density at radius 3 is 2.26 bits per heavy atom. The topological polar surface area (TPSA) is 103 Å². The Kier molecular flexibility index (Phi) is 6.92. The first-order chi connectivity index (χ1) is 17.7. The SMILES string of the molecule is Cc1cc(-c2c(C(N)=O)c3cc(F)c(OC(F)F)cc3n2-c2ccccc2)ccc1NS(=O)(=O)C(C)(C)C. The van der Waals surface area contributed by atoms with Crippen molar-refractivity contribution in [1.82, 2.24) is 4.57 Å². The molecule has 0 spiro atoms. The molecule has 0 atom stereocenters. The summed E-state index contributed by atoms with van der Waals surface area (Å²) in [5, 5.41) is 0.102. The lowest BCUT2D eigenvalue weighted by Gasteiger charge is -2.21. The molecule has 4 rings (SSSR count). The van der Waals surface area contributed by atoms with Gasteiger partial charge in [0.1, 0.15) is 0 Å². The number of aryl methyl sites for hydroxylation is 1. The summed E-state index contributed by atoms with van der Waals surface area (Å²) in [7, 11) is -3.71. The number of rotatable bonds is 7. The van der Waals surface area contributed by atoms with E-state index in [9.17, 15) is 26.4 Å². The second kappa shape index (κ2) is 9.71. The van der Waals surface area contributed by atoms with Gasteiger partial charge in [-0.3, -0.25) is 9.52 Å². The van der Waals surface area contributed by atoms with E-state index in [0.717, 1.165) is 12.1 Å². The molecule has 0 radical (unpaired) electrons. The quantitative estimate of drug-likeness (QED) is 0.298. The maximum absolute atomic E-state index is 14.8. The van der Waals surface area contributed by atoms with Gasteiger partial charge in [-0.05, 0) is 69.2 Å². The number of nitrogens with zero attached hydrogens (tertiary/aromatic N) is 1. The number of ether oxygens (including phenoxy) is 1. The monoisotopic (exact) mass is 545 g/mol. The Bertz CT molecular complexity index is 1640. The lowest BCUT2D eigenvalue weighted by molar-refractivity contribution is -0.0520. The van der Waals surface area contributed by atoms with E-state index in [-0.39, 0.29) is 22.2 Å². The van der Waals surface area contributed by atoms with Gasteiger partial charge < -0.3 is 15.0 Å². The standard InChI is InChI=1S/C27H26F3N3O4S/c1-15-12-16(10-11-20(15)32-38(35,36)27(2,3)4)24-23(25(31)34)18-13-19(28)22(37-26(29)30)14-21(18)33(24)17-8-6-5-7-9-17/h5-14,26,32H,1-4H3,(H2,31,34). The smallest absolute Gasteiger partial charge is 0.387 e. The van der Waals surface area contributed by atoms with E-state index in [0.29, 0.717) is 22.5 Å². The van der Waals surface area contributed by atoms with Crippen LogP contribution in [0.15, 0.2) is 60.7 Å². The number of nitrogens with one attached hydrogen (secondary N) is 1. The molecule has 0 aliphatic heterocycles. The summed E-state index contributed by atoms with van der Waals surface area (Å²) >= 11 is 0. The second-order valence-electron chi connectivity index (χ2n) is 9.68. The molecule has 0 saturated heterocycles. The van der Waals surface area contributed by atoms with E-state index in [1.165, 1.54) is 0 Å². The largest absolute Gasteiger partial charge is 0.432 e. The van der Waals surface area contributed by atoms with Gasteiger partial charge in [-0.2, -0.15) is 8.78 Å². The third-order valence-electron chi connectivity index (χ3n) is 6.05. The minimum absolute atomic E-state index is 0.0335. The molecule has 0 bridgehead atoms. The van der Waals surface area contributed by atoms with Gasteiger partial charge in [0.15, 0.2) is 11.6 Å². The van der Waals surface area contributed by atoms with Gasteiger partial charge in [0.2, 0.25) is 10.0 Å². The van der Waals surface area contributed by atoms with Crippen LogP contribution in [0, 0.1) is 12.7 Å². The highest BCUT2D eigenvalue weighted by atomic mass is 32.2. The van der Waals surface area contributed by atoms with E-state index in [1.54, 1.807) is 80.8 Å². The van der Waals surface area contributed by atoms with E-state index in [1.807, 2.05) is 0 Å². The van der Waals surface area contributed by atoms with Crippen molar-refractivity contribution >= 4 is 32.5 Å². The van der Waals surface area contributed by atoms with Crippen LogP contribution in [-0.2, 0) is 10.0 Å². The Morgan fingerprint density at radius 2 is 1.71 bits per heavy atom. The van der Waals surface area contributed by atoms with E-state index >= 15 is 0 Å². The van der Waals surface area contributed by atoms with Crippen molar-refractivity contribution < 1.29 is 31.1 Å². The number of aromatic nitrogens is 1. The lowest BCUT2D eigenvalue weighted by Crippen LogP contribution is -2.33. The summed E-state index contributed by atoms with van der Waals surface area (Å²) in [5.41, 5.74) is 8.11. The Hall–Kier alpha value is -3.99. The fourth-order valence-corrected chi connectivity index (χ4v) is 4.89. The van der Waals surface area contributed by atoms with Gasteiger partial charge in [-0.15, -0.1) is 0 Å². The average molecular weight is 546 g/mol. The number of carbonyl (C=O) groups excluding carboxylic acids is 1. The number of fused-ring (bicyclic) bond motifs is 1. The number of para-hydroxylation sites is 1. The fourth-order valence-electron chi connectivity index (χ4n) is 4.07. The molecular formula is C27H26F3N3O4S. The zero-order chi connectivity index (χ0) is 28.0. The molecule has 3 aromatic carbocycles. The maximum Gasteiger partial charge on any atom is 0.387 e. The van der Waals surface area contributed by atoms with Crippen molar-refractivity contribution in [3.63, 3.8) is 0 Å². The Balaban J connectivity index is 2.02. The number of alkyl halides is 2. The van der Waals surface area contributed by atoms with Crippen molar-refractivity contribution in [2.24, 2.45) is 5.73 Å². The minimum Gasteiger partial charge on any atom is -0.432 e. The maximum atomic E-state index is 14.8. The molecule has 1 heterocycles. The van der Waals surface area contributed by atoms with Gasteiger partial charge in [0.25, 0.3) is 5.91 Å². The van der Waals surface area contributed by atoms with E-state index in [2.05, 4.69) is 9.46 Å². The van der Waals surface area contributed by atoms with Crippen molar-refractivity contribution in [1.29, 1.82) is 0 Å². The number of nitrogens with two attached hydrogens (primary N) is 1. The normalized spacial score (nSPS) is 12.2. The predicted molar refractivity (Wildman–Crippen MR) is 141 cm³/mol. The van der Waals surface area contributed by atoms with Crippen LogP contribution in [0.25, 0.3) is 27.8 Å². The number of carbonyl (C=O) groups is 1. The van der Waals surface area contributed by atoms with Crippen molar-refractivity contribution in [2.45, 2.75) is 39.1 Å².